The van der Waals surface area contributed by atoms with Gasteiger partial charge < -0.3 is 15.4 Å². The molecule has 0 bridgehead atoms. The van der Waals surface area contributed by atoms with E-state index in [-0.39, 0.29) is 36.1 Å². The molecule has 1 amide bonds. The molecule has 1 heterocycles. The van der Waals surface area contributed by atoms with Crippen LogP contribution in [0.2, 0.25) is 0 Å². The van der Waals surface area contributed by atoms with E-state index in [0.29, 0.717) is 18.3 Å². The number of carbonyl (C=O) groups is 1. The first-order valence-corrected chi connectivity index (χ1v) is 8.07. The van der Waals surface area contributed by atoms with Gasteiger partial charge >= 0.3 is 0 Å². The molecular formula is C17H24ClFN2O2. The normalized spacial score (nSPS) is 21.4. The van der Waals surface area contributed by atoms with Crippen molar-refractivity contribution < 1.29 is 13.9 Å². The second-order valence-corrected chi connectivity index (χ2v) is 6.36. The Morgan fingerprint density at radius 3 is 2.83 bits per heavy atom. The third-order valence-corrected chi connectivity index (χ3v) is 4.42. The minimum Gasteiger partial charge on any atom is -0.490 e. The average molecular weight is 343 g/mol. The zero-order chi connectivity index (χ0) is 15.5. The Morgan fingerprint density at radius 2 is 2.22 bits per heavy atom. The predicted molar refractivity (Wildman–Crippen MR) is 89.4 cm³/mol. The maximum atomic E-state index is 14.1. The molecule has 23 heavy (non-hydrogen) atoms. The van der Waals surface area contributed by atoms with E-state index in [1.54, 1.807) is 6.07 Å². The summed E-state index contributed by atoms with van der Waals surface area (Å²) in [6.45, 7) is 4.08. The first-order chi connectivity index (χ1) is 10.6. The lowest BCUT2D eigenvalue weighted by molar-refractivity contribution is -0.125. The van der Waals surface area contributed by atoms with Crippen LogP contribution in [0.15, 0.2) is 18.2 Å². The number of benzene rings is 1. The van der Waals surface area contributed by atoms with Gasteiger partial charge in [0.2, 0.25) is 5.91 Å². The highest BCUT2D eigenvalue weighted by Gasteiger charge is 2.24. The number of hydrogen-bond donors (Lipinski definition) is 2. The fraction of sp³-hybridized carbons (Fsp3) is 0.588. The van der Waals surface area contributed by atoms with Crippen molar-refractivity contribution in [3.05, 3.63) is 29.6 Å². The van der Waals surface area contributed by atoms with Gasteiger partial charge in [0, 0.05) is 6.54 Å². The Bertz CT molecular complexity index is 545. The molecular weight excluding hydrogens is 319 g/mol. The summed E-state index contributed by atoms with van der Waals surface area (Å²) in [4.78, 5) is 12.1. The molecule has 6 heteroatoms. The molecule has 128 valence electrons. The molecule has 3 rings (SSSR count). The summed E-state index contributed by atoms with van der Waals surface area (Å²) < 4.78 is 19.6. The van der Waals surface area contributed by atoms with Crippen LogP contribution in [0.4, 0.5) is 4.39 Å². The first kappa shape index (κ1) is 18.0. The highest BCUT2D eigenvalue weighted by molar-refractivity contribution is 5.85. The fourth-order valence-corrected chi connectivity index (χ4v) is 2.69. The molecule has 1 aliphatic carbocycles. The van der Waals surface area contributed by atoms with Crippen molar-refractivity contribution in [2.45, 2.75) is 32.2 Å². The van der Waals surface area contributed by atoms with E-state index in [0.717, 1.165) is 25.1 Å². The van der Waals surface area contributed by atoms with Crippen LogP contribution >= 0.6 is 12.4 Å². The van der Waals surface area contributed by atoms with Crippen molar-refractivity contribution in [1.82, 2.24) is 10.6 Å². The predicted octanol–water partition coefficient (Wildman–Crippen LogP) is 2.82. The molecule has 1 aliphatic heterocycles. The van der Waals surface area contributed by atoms with Crippen LogP contribution in [0.1, 0.15) is 37.8 Å². The van der Waals surface area contributed by atoms with Crippen LogP contribution in [0, 0.1) is 17.7 Å². The molecule has 1 saturated carbocycles. The molecule has 2 fully saturated rings. The molecule has 1 aromatic rings. The minimum absolute atomic E-state index is 0. The van der Waals surface area contributed by atoms with Crippen LogP contribution in [0.25, 0.3) is 0 Å². The van der Waals surface area contributed by atoms with Gasteiger partial charge in [-0.3, -0.25) is 4.79 Å². The molecule has 2 N–H and O–H groups in total. The molecule has 4 nitrogen and oxygen atoms in total. The quantitative estimate of drug-likeness (QED) is 0.835. The third kappa shape index (κ3) is 4.82. The van der Waals surface area contributed by atoms with Crippen molar-refractivity contribution in [3.8, 4) is 5.75 Å². The van der Waals surface area contributed by atoms with Crippen molar-refractivity contribution in [1.29, 1.82) is 0 Å². The largest absolute Gasteiger partial charge is 0.490 e. The molecule has 2 aliphatic rings. The van der Waals surface area contributed by atoms with E-state index in [1.807, 2.05) is 13.0 Å². The second kappa shape index (κ2) is 7.97. The van der Waals surface area contributed by atoms with E-state index in [9.17, 15) is 9.18 Å². The van der Waals surface area contributed by atoms with Crippen molar-refractivity contribution in [2.24, 2.45) is 11.8 Å². The molecule has 0 aromatic heterocycles. The van der Waals surface area contributed by atoms with Crippen LogP contribution in [-0.4, -0.2) is 25.6 Å². The summed E-state index contributed by atoms with van der Waals surface area (Å²) in [5.74, 6) is 0.591. The smallest absolute Gasteiger partial charge is 0.224 e. The van der Waals surface area contributed by atoms with E-state index < -0.39 is 0 Å². The van der Waals surface area contributed by atoms with Crippen LogP contribution < -0.4 is 15.4 Å². The Morgan fingerprint density at radius 1 is 1.43 bits per heavy atom. The van der Waals surface area contributed by atoms with Gasteiger partial charge in [-0.2, -0.15) is 0 Å². The van der Waals surface area contributed by atoms with Gasteiger partial charge in [-0.05, 0) is 56.3 Å². The topological polar surface area (TPSA) is 50.4 Å². The van der Waals surface area contributed by atoms with E-state index in [1.165, 1.54) is 18.9 Å². The summed E-state index contributed by atoms with van der Waals surface area (Å²) in [5, 5.41) is 6.13. The van der Waals surface area contributed by atoms with Gasteiger partial charge in [0.05, 0.1) is 18.6 Å². The number of carbonyl (C=O) groups excluding carboxylic acids is 1. The summed E-state index contributed by atoms with van der Waals surface area (Å²) >= 11 is 0. The van der Waals surface area contributed by atoms with E-state index >= 15 is 0 Å². The highest BCUT2D eigenvalue weighted by Crippen LogP contribution is 2.30. The Balaban J connectivity index is 0.00000192. The number of nitrogens with one attached hydrogen (secondary N) is 2. The molecule has 2 atom stereocenters. The minimum atomic E-state index is -0.359. The first-order valence-electron chi connectivity index (χ1n) is 8.07. The molecule has 0 radical (unpaired) electrons. The molecule has 1 saturated heterocycles. The highest BCUT2D eigenvalue weighted by atomic mass is 35.5. The monoisotopic (exact) mass is 342 g/mol. The SMILES string of the molecule is CC(NC(=O)C1CCNC1)c1ccc(OCC2CC2)c(F)c1.Cl. The second-order valence-electron chi connectivity index (χ2n) is 6.36. The number of hydrogen-bond acceptors (Lipinski definition) is 3. The number of halogens is 2. The van der Waals surface area contributed by atoms with Gasteiger partial charge in [0.25, 0.3) is 0 Å². The zero-order valence-corrected chi connectivity index (χ0v) is 14.1. The number of rotatable bonds is 6. The number of ether oxygens (including phenoxy) is 1. The lowest BCUT2D eigenvalue weighted by Crippen LogP contribution is -2.33. The lowest BCUT2D eigenvalue weighted by Gasteiger charge is -2.18. The Labute approximate surface area is 142 Å². The van der Waals surface area contributed by atoms with Crippen LogP contribution in [0.5, 0.6) is 5.75 Å². The standard InChI is InChI=1S/C17H23FN2O2.ClH/c1-11(20-17(21)14-6-7-19-9-14)13-4-5-16(15(18)8-13)22-10-12-2-3-12;/h4-5,8,11-12,14,19H,2-3,6-7,9-10H2,1H3,(H,20,21);1H. The van der Waals surface area contributed by atoms with Crippen LogP contribution in [-0.2, 0) is 4.79 Å². The van der Waals surface area contributed by atoms with Crippen molar-refractivity contribution >= 4 is 18.3 Å². The van der Waals surface area contributed by atoms with Gasteiger partial charge in [0.15, 0.2) is 11.6 Å². The van der Waals surface area contributed by atoms with Crippen LogP contribution in [0.3, 0.4) is 0 Å². The summed E-state index contributed by atoms with van der Waals surface area (Å²) in [5.41, 5.74) is 0.760. The third-order valence-electron chi connectivity index (χ3n) is 4.42. The lowest BCUT2D eigenvalue weighted by atomic mass is 10.0. The van der Waals surface area contributed by atoms with E-state index in [2.05, 4.69) is 10.6 Å². The molecule has 2 unspecified atom stereocenters. The Hall–Kier alpha value is -1.33. The molecule has 1 aromatic carbocycles. The summed E-state index contributed by atoms with van der Waals surface area (Å²) in [6.07, 6.45) is 3.22. The zero-order valence-electron chi connectivity index (χ0n) is 13.3. The van der Waals surface area contributed by atoms with Crippen molar-refractivity contribution in [2.75, 3.05) is 19.7 Å². The van der Waals surface area contributed by atoms with Gasteiger partial charge in [0.1, 0.15) is 0 Å². The summed E-state index contributed by atoms with van der Waals surface area (Å²) in [7, 11) is 0. The number of amides is 1. The van der Waals surface area contributed by atoms with Gasteiger partial charge in [-0.1, -0.05) is 6.07 Å². The van der Waals surface area contributed by atoms with E-state index in [4.69, 9.17) is 4.74 Å². The van der Waals surface area contributed by atoms with Gasteiger partial charge in [-0.15, -0.1) is 12.4 Å². The average Bonchev–Trinajstić information content (AvgIpc) is 3.16. The maximum absolute atomic E-state index is 14.1. The Kier molecular flexibility index (Phi) is 6.25. The fourth-order valence-electron chi connectivity index (χ4n) is 2.69. The maximum Gasteiger partial charge on any atom is 0.224 e. The van der Waals surface area contributed by atoms with Crippen molar-refractivity contribution in [3.63, 3.8) is 0 Å². The van der Waals surface area contributed by atoms with Gasteiger partial charge in [-0.25, -0.2) is 4.39 Å². The molecule has 0 spiro atoms. The summed E-state index contributed by atoms with van der Waals surface area (Å²) in [6, 6.07) is 4.73.